The van der Waals surface area contributed by atoms with Gasteiger partial charge in [0, 0.05) is 12.2 Å². The van der Waals surface area contributed by atoms with Crippen molar-refractivity contribution < 1.29 is 9.90 Å². The predicted molar refractivity (Wildman–Crippen MR) is 44.8 cm³/mol. The largest absolute Gasteiger partial charge is 0.394 e. The number of aliphatic hydroxyl groups is 1. The zero-order chi connectivity index (χ0) is 8.97. The first-order valence-corrected chi connectivity index (χ1v) is 3.79. The molecule has 0 saturated carbocycles. The molecule has 4 heteroatoms. The number of rotatable bonds is 3. The Kier molecular flexibility index (Phi) is 2.88. The van der Waals surface area contributed by atoms with Crippen molar-refractivity contribution in [3.63, 3.8) is 0 Å². The normalized spacial score (nSPS) is 12.5. The van der Waals surface area contributed by atoms with Crippen LogP contribution in [0.5, 0.6) is 0 Å². The Balaban J connectivity index is 2.50. The highest BCUT2D eigenvalue weighted by Crippen LogP contribution is 1.94. The predicted octanol–water partition coefficient (Wildman–Crippen LogP) is 0.125. The van der Waals surface area contributed by atoms with E-state index in [-0.39, 0.29) is 18.6 Å². The van der Waals surface area contributed by atoms with E-state index < -0.39 is 0 Å². The van der Waals surface area contributed by atoms with Gasteiger partial charge in [0.05, 0.1) is 6.61 Å². The van der Waals surface area contributed by atoms with Gasteiger partial charge in [0.2, 0.25) is 0 Å². The number of aliphatic hydroxyl groups excluding tert-OH is 1. The Morgan fingerprint density at radius 3 is 3.08 bits per heavy atom. The summed E-state index contributed by atoms with van der Waals surface area (Å²) in [6.07, 6.45) is 1.68. The van der Waals surface area contributed by atoms with Gasteiger partial charge >= 0.3 is 0 Å². The van der Waals surface area contributed by atoms with E-state index in [4.69, 9.17) is 5.11 Å². The van der Waals surface area contributed by atoms with Gasteiger partial charge in [-0.1, -0.05) is 0 Å². The first-order chi connectivity index (χ1) is 5.74. The molecule has 12 heavy (non-hydrogen) atoms. The molecule has 0 fully saturated rings. The van der Waals surface area contributed by atoms with Crippen LogP contribution in [0.4, 0.5) is 0 Å². The zero-order valence-corrected chi connectivity index (χ0v) is 6.87. The van der Waals surface area contributed by atoms with E-state index in [0.717, 1.165) is 0 Å². The minimum atomic E-state index is -0.208. The Labute approximate surface area is 70.6 Å². The number of carbonyl (C=O) groups excluding carboxylic acids is 1. The number of hydrogen-bond acceptors (Lipinski definition) is 2. The summed E-state index contributed by atoms with van der Waals surface area (Å²) in [6.45, 7) is 1.69. The van der Waals surface area contributed by atoms with Gasteiger partial charge in [0.15, 0.2) is 0 Å². The van der Waals surface area contributed by atoms with Crippen LogP contribution in [0.2, 0.25) is 0 Å². The Bertz CT molecular complexity index is 244. The Hall–Kier alpha value is -1.29. The van der Waals surface area contributed by atoms with Gasteiger partial charge in [-0.3, -0.25) is 4.79 Å². The zero-order valence-electron chi connectivity index (χ0n) is 6.87. The molecule has 0 bridgehead atoms. The maximum atomic E-state index is 11.2. The number of aromatic nitrogens is 1. The molecule has 0 radical (unpaired) electrons. The molecule has 0 aliphatic carbocycles. The molecule has 1 aromatic heterocycles. The Morgan fingerprint density at radius 1 is 1.83 bits per heavy atom. The second-order valence-electron chi connectivity index (χ2n) is 2.64. The van der Waals surface area contributed by atoms with Gasteiger partial charge in [-0.15, -0.1) is 0 Å². The first kappa shape index (κ1) is 8.80. The van der Waals surface area contributed by atoms with Gasteiger partial charge in [0.1, 0.15) is 5.69 Å². The van der Waals surface area contributed by atoms with E-state index in [0.29, 0.717) is 5.69 Å². The first-order valence-electron chi connectivity index (χ1n) is 3.79. The number of nitrogens with one attached hydrogen (secondary N) is 2. The van der Waals surface area contributed by atoms with Crippen LogP contribution in [0.15, 0.2) is 18.3 Å². The van der Waals surface area contributed by atoms with Crippen LogP contribution in [0.3, 0.4) is 0 Å². The van der Waals surface area contributed by atoms with Gasteiger partial charge in [-0.25, -0.2) is 0 Å². The summed E-state index contributed by atoms with van der Waals surface area (Å²) in [5.74, 6) is -0.193. The van der Waals surface area contributed by atoms with Gasteiger partial charge in [-0.2, -0.15) is 0 Å². The summed E-state index contributed by atoms with van der Waals surface area (Å²) in [4.78, 5) is 14.0. The quantitative estimate of drug-likeness (QED) is 0.600. The number of hydrogen-bond donors (Lipinski definition) is 3. The van der Waals surface area contributed by atoms with Gasteiger partial charge < -0.3 is 15.4 Å². The molecule has 0 aliphatic heterocycles. The van der Waals surface area contributed by atoms with Crippen molar-refractivity contribution in [2.24, 2.45) is 0 Å². The molecule has 1 atom stereocenters. The molecule has 1 aromatic rings. The third kappa shape index (κ3) is 2.10. The van der Waals surface area contributed by atoms with Crippen molar-refractivity contribution in [3.05, 3.63) is 24.0 Å². The van der Waals surface area contributed by atoms with E-state index in [1.165, 1.54) is 0 Å². The van der Waals surface area contributed by atoms with Crippen LogP contribution in [0.25, 0.3) is 0 Å². The van der Waals surface area contributed by atoms with E-state index in [2.05, 4.69) is 10.3 Å². The molecule has 4 nitrogen and oxygen atoms in total. The highest BCUT2D eigenvalue weighted by Gasteiger charge is 2.08. The molecular formula is C8H12N2O2. The summed E-state index contributed by atoms with van der Waals surface area (Å²) in [6, 6.07) is 3.22. The number of amides is 1. The standard InChI is InChI=1S/C8H12N2O2/c1-6(5-11)10-8(12)7-3-2-4-9-7/h2-4,6,9,11H,5H2,1H3,(H,10,12). The van der Waals surface area contributed by atoms with Gasteiger partial charge in [0.25, 0.3) is 5.91 Å². The molecule has 1 unspecified atom stereocenters. The van der Waals surface area contributed by atoms with Crippen LogP contribution >= 0.6 is 0 Å². The summed E-state index contributed by atoms with van der Waals surface area (Å²) in [5, 5.41) is 11.3. The molecular weight excluding hydrogens is 156 g/mol. The fourth-order valence-corrected chi connectivity index (χ4v) is 0.819. The Morgan fingerprint density at radius 2 is 2.58 bits per heavy atom. The smallest absolute Gasteiger partial charge is 0.267 e. The average molecular weight is 168 g/mol. The minimum absolute atomic E-state index is 0.0492. The lowest BCUT2D eigenvalue weighted by Gasteiger charge is -2.08. The van der Waals surface area contributed by atoms with Crippen LogP contribution < -0.4 is 5.32 Å². The lowest BCUT2D eigenvalue weighted by Crippen LogP contribution is -2.35. The molecule has 1 amide bonds. The average Bonchev–Trinajstić information content (AvgIpc) is 2.56. The van der Waals surface area contributed by atoms with Crippen LogP contribution in [-0.2, 0) is 0 Å². The van der Waals surface area contributed by atoms with Crippen molar-refractivity contribution in [1.82, 2.24) is 10.3 Å². The topological polar surface area (TPSA) is 65.1 Å². The summed E-state index contributed by atoms with van der Waals surface area (Å²) in [5.41, 5.74) is 0.510. The van der Waals surface area contributed by atoms with Crippen molar-refractivity contribution >= 4 is 5.91 Å². The second-order valence-corrected chi connectivity index (χ2v) is 2.64. The van der Waals surface area contributed by atoms with Crippen LogP contribution in [0, 0.1) is 0 Å². The lowest BCUT2D eigenvalue weighted by molar-refractivity contribution is 0.0918. The maximum Gasteiger partial charge on any atom is 0.267 e. The molecule has 0 aromatic carbocycles. The number of carbonyl (C=O) groups is 1. The third-order valence-corrected chi connectivity index (χ3v) is 1.49. The number of aromatic amines is 1. The van der Waals surface area contributed by atoms with E-state index in [1.807, 2.05) is 0 Å². The SMILES string of the molecule is CC(CO)NC(=O)c1ccc[nH]1. The summed E-state index contributed by atoms with van der Waals surface area (Å²) in [7, 11) is 0. The molecule has 66 valence electrons. The fraction of sp³-hybridized carbons (Fsp3) is 0.375. The highest BCUT2D eigenvalue weighted by molar-refractivity contribution is 5.92. The molecule has 0 spiro atoms. The molecule has 1 rings (SSSR count). The monoisotopic (exact) mass is 168 g/mol. The highest BCUT2D eigenvalue weighted by atomic mass is 16.3. The van der Waals surface area contributed by atoms with Crippen molar-refractivity contribution in [3.8, 4) is 0 Å². The van der Waals surface area contributed by atoms with Crippen LogP contribution in [0.1, 0.15) is 17.4 Å². The number of H-pyrrole nitrogens is 1. The van der Waals surface area contributed by atoms with Crippen molar-refractivity contribution in [1.29, 1.82) is 0 Å². The lowest BCUT2D eigenvalue weighted by atomic mass is 10.3. The fourth-order valence-electron chi connectivity index (χ4n) is 0.819. The van der Waals surface area contributed by atoms with E-state index in [1.54, 1.807) is 25.3 Å². The molecule has 3 N–H and O–H groups in total. The summed E-state index contributed by atoms with van der Waals surface area (Å²) < 4.78 is 0. The third-order valence-electron chi connectivity index (χ3n) is 1.49. The molecule has 1 heterocycles. The van der Waals surface area contributed by atoms with Crippen LogP contribution in [-0.4, -0.2) is 28.6 Å². The van der Waals surface area contributed by atoms with E-state index in [9.17, 15) is 4.79 Å². The molecule has 0 aliphatic rings. The summed E-state index contributed by atoms with van der Waals surface area (Å²) >= 11 is 0. The van der Waals surface area contributed by atoms with Crippen molar-refractivity contribution in [2.75, 3.05) is 6.61 Å². The van der Waals surface area contributed by atoms with E-state index >= 15 is 0 Å². The van der Waals surface area contributed by atoms with Crippen molar-refractivity contribution in [2.45, 2.75) is 13.0 Å². The van der Waals surface area contributed by atoms with Gasteiger partial charge in [-0.05, 0) is 19.1 Å². The second kappa shape index (κ2) is 3.92. The minimum Gasteiger partial charge on any atom is -0.394 e. The maximum absolute atomic E-state index is 11.2. The molecule has 0 saturated heterocycles.